The normalized spacial score (nSPS) is 20.8. The molecule has 1 aliphatic heterocycles. The zero-order valence-corrected chi connectivity index (χ0v) is 14.9. The molecule has 7 nitrogen and oxygen atoms in total. The Balaban J connectivity index is 1.70. The lowest BCUT2D eigenvalue weighted by Crippen LogP contribution is -2.40. The van der Waals surface area contributed by atoms with Crippen molar-refractivity contribution in [3.63, 3.8) is 0 Å². The molecule has 1 aromatic heterocycles. The quantitative estimate of drug-likeness (QED) is 0.863. The van der Waals surface area contributed by atoms with Gasteiger partial charge in [0.05, 0.1) is 24.4 Å². The highest BCUT2D eigenvalue weighted by molar-refractivity contribution is 5.73. The average Bonchev–Trinajstić information content (AvgIpc) is 3.16. The molecule has 0 unspecified atom stereocenters. The van der Waals surface area contributed by atoms with Crippen LogP contribution in [0.1, 0.15) is 32.4 Å². The van der Waals surface area contributed by atoms with Gasteiger partial charge in [-0.1, -0.05) is 17.3 Å². The van der Waals surface area contributed by atoms with Crippen molar-refractivity contribution in [1.82, 2.24) is 25.2 Å². The molecule has 0 spiro atoms. The van der Waals surface area contributed by atoms with Gasteiger partial charge in [-0.15, -0.1) is 5.10 Å². The van der Waals surface area contributed by atoms with Crippen LogP contribution < -0.4 is 10.1 Å². The minimum atomic E-state index is -0.0238. The van der Waals surface area contributed by atoms with E-state index >= 15 is 0 Å². The first-order valence-corrected chi connectivity index (χ1v) is 8.62. The van der Waals surface area contributed by atoms with Crippen molar-refractivity contribution in [2.75, 3.05) is 13.1 Å². The molecule has 0 aliphatic carbocycles. The number of likely N-dealkylation sites (tertiary alicyclic amines) is 1. The Morgan fingerprint density at radius 1 is 1.40 bits per heavy atom. The van der Waals surface area contributed by atoms with Gasteiger partial charge in [0, 0.05) is 32.8 Å². The monoisotopic (exact) mass is 343 g/mol. The number of nitrogens with zero attached hydrogens (tertiary/aromatic N) is 4. The molecule has 0 saturated carbocycles. The Hall–Kier alpha value is -2.41. The van der Waals surface area contributed by atoms with Crippen LogP contribution in [0.15, 0.2) is 36.7 Å². The summed E-state index contributed by atoms with van der Waals surface area (Å²) in [4.78, 5) is 13.9. The number of amides is 1. The molecule has 3 rings (SSSR count). The summed E-state index contributed by atoms with van der Waals surface area (Å²) in [5, 5.41) is 11.0. The van der Waals surface area contributed by atoms with Crippen molar-refractivity contribution >= 4 is 5.91 Å². The number of benzene rings is 1. The average molecular weight is 343 g/mol. The van der Waals surface area contributed by atoms with Gasteiger partial charge in [-0.3, -0.25) is 9.69 Å². The van der Waals surface area contributed by atoms with E-state index in [0.717, 1.165) is 25.4 Å². The third-order valence-electron chi connectivity index (χ3n) is 4.21. The van der Waals surface area contributed by atoms with Gasteiger partial charge in [-0.25, -0.2) is 4.68 Å². The van der Waals surface area contributed by atoms with Crippen LogP contribution in [0.3, 0.4) is 0 Å². The molecule has 1 N–H and O–H groups in total. The van der Waals surface area contributed by atoms with Crippen molar-refractivity contribution in [3.8, 4) is 5.75 Å². The van der Waals surface area contributed by atoms with Crippen molar-refractivity contribution in [2.24, 2.45) is 0 Å². The van der Waals surface area contributed by atoms with E-state index in [9.17, 15) is 4.79 Å². The second-order valence-electron chi connectivity index (χ2n) is 6.77. The van der Waals surface area contributed by atoms with Gasteiger partial charge < -0.3 is 10.1 Å². The van der Waals surface area contributed by atoms with E-state index in [0.29, 0.717) is 0 Å². The van der Waals surface area contributed by atoms with E-state index in [1.807, 2.05) is 36.9 Å². The van der Waals surface area contributed by atoms with Crippen LogP contribution in [0.5, 0.6) is 5.75 Å². The van der Waals surface area contributed by atoms with Gasteiger partial charge in [0.1, 0.15) is 5.75 Å². The lowest BCUT2D eigenvalue weighted by molar-refractivity contribution is -0.119. The van der Waals surface area contributed by atoms with Crippen molar-refractivity contribution in [3.05, 3.63) is 42.2 Å². The summed E-state index contributed by atoms with van der Waals surface area (Å²) in [5.41, 5.74) is 1.19. The van der Waals surface area contributed by atoms with E-state index in [1.165, 1.54) is 5.56 Å². The molecule has 0 bridgehead atoms. The second-order valence-corrected chi connectivity index (χ2v) is 6.77. The first-order chi connectivity index (χ1) is 12.0. The Bertz CT molecular complexity index is 701. The summed E-state index contributed by atoms with van der Waals surface area (Å²) in [6.45, 7) is 7.98. The Labute approximate surface area is 148 Å². The molecule has 1 saturated heterocycles. The van der Waals surface area contributed by atoms with E-state index in [2.05, 4.69) is 32.7 Å². The van der Waals surface area contributed by atoms with E-state index in [4.69, 9.17) is 4.74 Å². The summed E-state index contributed by atoms with van der Waals surface area (Å²) in [6, 6.07) is 8.28. The van der Waals surface area contributed by atoms with Crippen molar-refractivity contribution < 1.29 is 9.53 Å². The number of ether oxygens (including phenoxy) is 1. The van der Waals surface area contributed by atoms with Gasteiger partial charge in [0.25, 0.3) is 0 Å². The predicted octanol–water partition coefficient (Wildman–Crippen LogP) is 1.63. The first-order valence-electron chi connectivity index (χ1n) is 8.62. The molecule has 0 radical (unpaired) electrons. The van der Waals surface area contributed by atoms with Crippen LogP contribution in [0, 0.1) is 0 Å². The SMILES string of the molecule is CC(=O)N[C@@H]1CN(Cc2cccc(OC(C)C)c2)C[C@@H]1n1ccnn1. The molecular weight excluding hydrogens is 318 g/mol. The number of carbonyl (C=O) groups excluding carboxylic acids is 1. The Morgan fingerprint density at radius 3 is 2.92 bits per heavy atom. The van der Waals surface area contributed by atoms with Gasteiger partial charge in [-0.2, -0.15) is 0 Å². The number of nitrogens with one attached hydrogen (secondary N) is 1. The van der Waals surface area contributed by atoms with Gasteiger partial charge in [-0.05, 0) is 31.5 Å². The molecule has 25 heavy (non-hydrogen) atoms. The molecule has 1 fully saturated rings. The van der Waals surface area contributed by atoms with Crippen LogP contribution >= 0.6 is 0 Å². The lowest BCUT2D eigenvalue weighted by Gasteiger charge is -2.18. The Kier molecular flexibility index (Phi) is 5.33. The lowest BCUT2D eigenvalue weighted by atomic mass is 10.2. The van der Waals surface area contributed by atoms with Crippen LogP contribution in [0.4, 0.5) is 0 Å². The van der Waals surface area contributed by atoms with Gasteiger partial charge >= 0.3 is 0 Å². The highest BCUT2D eigenvalue weighted by Gasteiger charge is 2.35. The fourth-order valence-electron chi connectivity index (χ4n) is 3.31. The zero-order valence-electron chi connectivity index (χ0n) is 14.9. The standard InChI is InChI=1S/C18H25N5O2/c1-13(2)25-16-6-4-5-15(9-16)10-22-11-17(20-14(3)24)18(12-22)23-8-7-19-21-23/h4-9,13,17-18H,10-12H2,1-3H3,(H,20,24)/t17-,18+/m1/s1. The molecule has 7 heteroatoms. The van der Waals surface area contributed by atoms with E-state index < -0.39 is 0 Å². The third-order valence-corrected chi connectivity index (χ3v) is 4.21. The number of aromatic nitrogens is 3. The molecule has 1 amide bonds. The maximum atomic E-state index is 11.5. The topological polar surface area (TPSA) is 72.3 Å². The molecule has 2 atom stereocenters. The number of carbonyl (C=O) groups is 1. The van der Waals surface area contributed by atoms with Crippen LogP contribution in [-0.4, -0.2) is 51.0 Å². The maximum absolute atomic E-state index is 11.5. The van der Waals surface area contributed by atoms with Crippen LogP contribution in [-0.2, 0) is 11.3 Å². The highest BCUT2D eigenvalue weighted by atomic mass is 16.5. The highest BCUT2D eigenvalue weighted by Crippen LogP contribution is 2.24. The fraction of sp³-hybridized carbons (Fsp3) is 0.500. The molecular formula is C18H25N5O2. The zero-order chi connectivity index (χ0) is 17.8. The number of rotatable bonds is 6. The smallest absolute Gasteiger partial charge is 0.217 e. The summed E-state index contributed by atoms with van der Waals surface area (Å²) in [5.74, 6) is 0.863. The number of hydrogen-bond acceptors (Lipinski definition) is 5. The summed E-state index contributed by atoms with van der Waals surface area (Å²) in [7, 11) is 0. The first kappa shape index (κ1) is 17.4. The van der Waals surface area contributed by atoms with Crippen LogP contribution in [0.2, 0.25) is 0 Å². The van der Waals surface area contributed by atoms with E-state index in [-0.39, 0.29) is 24.1 Å². The maximum Gasteiger partial charge on any atom is 0.217 e. The van der Waals surface area contributed by atoms with Crippen molar-refractivity contribution in [2.45, 2.75) is 45.5 Å². The second kappa shape index (κ2) is 7.65. The largest absolute Gasteiger partial charge is 0.491 e. The third kappa shape index (κ3) is 4.57. The fourth-order valence-corrected chi connectivity index (χ4v) is 3.31. The van der Waals surface area contributed by atoms with Gasteiger partial charge in [0.15, 0.2) is 0 Å². The predicted molar refractivity (Wildman–Crippen MR) is 94.1 cm³/mol. The molecule has 1 aliphatic rings. The summed E-state index contributed by atoms with van der Waals surface area (Å²) < 4.78 is 7.61. The van der Waals surface area contributed by atoms with Crippen molar-refractivity contribution in [1.29, 1.82) is 0 Å². The minimum absolute atomic E-state index is 0.0225. The Morgan fingerprint density at radius 2 is 2.24 bits per heavy atom. The minimum Gasteiger partial charge on any atom is -0.491 e. The number of hydrogen-bond donors (Lipinski definition) is 1. The summed E-state index contributed by atoms with van der Waals surface area (Å²) in [6.07, 6.45) is 3.67. The molecule has 2 heterocycles. The summed E-state index contributed by atoms with van der Waals surface area (Å²) >= 11 is 0. The van der Waals surface area contributed by atoms with Gasteiger partial charge in [0.2, 0.25) is 5.91 Å². The van der Waals surface area contributed by atoms with E-state index in [1.54, 1.807) is 13.1 Å². The molecule has 134 valence electrons. The molecule has 1 aromatic carbocycles. The molecule has 2 aromatic rings. The van der Waals surface area contributed by atoms with Crippen LogP contribution in [0.25, 0.3) is 0 Å².